The first-order chi connectivity index (χ1) is 14.7. The highest BCUT2D eigenvalue weighted by atomic mass is 79.9. The molecule has 0 aliphatic heterocycles. The minimum Gasteiger partial charge on any atom is -0.506 e. The van der Waals surface area contributed by atoms with Crippen LogP contribution < -0.4 is 5.32 Å². The Hall–Kier alpha value is -2.87. The molecule has 0 spiro atoms. The number of nitrogens with one attached hydrogen (secondary N) is 1. The summed E-state index contributed by atoms with van der Waals surface area (Å²) in [6.07, 6.45) is -0.930. The maximum Gasteiger partial charge on any atom is 0.412 e. The number of benzene rings is 2. The number of amides is 1. The van der Waals surface area contributed by atoms with Gasteiger partial charge in [0.05, 0.1) is 16.1 Å². The van der Waals surface area contributed by atoms with E-state index >= 15 is 0 Å². The molecule has 0 unspecified atom stereocenters. The van der Waals surface area contributed by atoms with Gasteiger partial charge >= 0.3 is 12.1 Å². The number of carbonyl (C=O) groups excluding carboxylic acids is 1. The third kappa shape index (κ3) is 7.10. The van der Waals surface area contributed by atoms with Crippen molar-refractivity contribution in [2.45, 2.75) is 19.1 Å². The summed E-state index contributed by atoms with van der Waals surface area (Å²) in [7, 11) is 0. The first-order valence-electron chi connectivity index (χ1n) is 8.93. The smallest absolute Gasteiger partial charge is 0.412 e. The number of ether oxygens (including phenoxy) is 2. The number of phenols is 1. The molecule has 0 aromatic heterocycles. The van der Waals surface area contributed by atoms with Crippen molar-refractivity contribution in [3.8, 4) is 11.8 Å². The lowest BCUT2D eigenvalue weighted by atomic mass is 10.0. The van der Waals surface area contributed by atoms with Crippen LogP contribution >= 0.6 is 31.9 Å². The van der Waals surface area contributed by atoms with Gasteiger partial charge < -0.3 is 19.7 Å². The fraction of sp³-hybridized carbons (Fsp3) is 0.190. The van der Waals surface area contributed by atoms with E-state index in [0.717, 1.165) is 6.08 Å². The lowest BCUT2D eigenvalue weighted by molar-refractivity contribution is -0.131. The van der Waals surface area contributed by atoms with Crippen molar-refractivity contribution in [2.75, 3.05) is 11.9 Å². The van der Waals surface area contributed by atoms with Crippen LogP contribution in [0.15, 0.2) is 57.5 Å². The van der Waals surface area contributed by atoms with Crippen LogP contribution in [0.3, 0.4) is 0 Å². The number of halogens is 2. The molecule has 162 valence electrons. The maximum atomic E-state index is 12.6. The van der Waals surface area contributed by atoms with Gasteiger partial charge in [0, 0.05) is 28.4 Å². The molecule has 2 rings (SSSR count). The van der Waals surface area contributed by atoms with E-state index < -0.39 is 24.3 Å². The molecule has 0 radical (unpaired) electrons. The molecular weight excluding hydrogens is 536 g/mol. The molecule has 0 aliphatic carbocycles. The van der Waals surface area contributed by atoms with Crippen LogP contribution in [-0.4, -0.2) is 35.0 Å². The minimum absolute atomic E-state index is 0.187. The Morgan fingerprint density at radius 3 is 2.52 bits per heavy atom. The van der Waals surface area contributed by atoms with E-state index in [0.29, 0.717) is 20.2 Å². The van der Waals surface area contributed by atoms with E-state index in [9.17, 15) is 14.7 Å². The molecule has 0 fully saturated rings. The van der Waals surface area contributed by atoms with Crippen LogP contribution in [-0.2, 0) is 14.3 Å². The van der Waals surface area contributed by atoms with E-state index in [1.165, 1.54) is 30.3 Å². The van der Waals surface area contributed by atoms with E-state index in [4.69, 9.17) is 19.8 Å². The Balaban J connectivity index is 2.39. The van der Waals surface area contributed by atoms with Gasteiger partial charge in [-0.2, -0.15) is 5.26 Å². The van der Waals surface area contributed by atoms with E-state index in [1.54, 1.807) is 19.1 Å². The van der Waals surface area contributed by atoms with Gasteiger partial charge in [-0.15, -0.1) is 0 Å². The second-order valence-corrected chi connectivity index (χ2v) is 7.85. The molecule has 0 saturated carbocycles. The van der Waals surface area contributed by atoms with Gasteiger partial charge in [-0.1, -0.05) is 15.9 Å². The van der Waals surface area contributed by atoms with Gasteiger partial charge in [0.15, 0.2) is 6.10 Å². The third-order valence-corrected chi connectivity index (χ3v) is 5.01. The number of aliphatic carboxylic acids is 1. The summed E-state index contributed by atoms with van der Waals surface area (Å²) in [5, 5.41) is 30.9. The van der Waals surface area contributed by atoms with Crippen molar-refractivity contribution >= 4 is 49.6 Å². The number of nitrogens with zero attached hydrogens (tertiary/aromatic N) is 1. The predicted octanol–water partition coefficient (Wildman–Crippen LogP) is 5.12. The number of carboxylic acids is 1. The quantitative estimate of drug-likeness (QED) is 0.387. The van der Waals surface area contributed by atoms with Crippen LogP contribution in [0.25, 0.3) is 0 Å². The van der Waals surface area contributed by atoms with Crippen molar-refractivity contribution in [2.24, 2.45) is 0 Å². The summed E-state index contributed by atoms with van der Waals surface area (Å²) in [4.78, 5) is 23.6. The lowest BCUT2D eigenvalue weighted by Gasteiger charge is -2.26. The van der Waals surface area contributed by atoms with Gasteiger partial charge in [0.25, 0.3) is 0 Å². The first kappa shape index (κ1) is 24.4. The predicted molar refractivity (Wildman–Crippen MR) is 120 cm³/mol. The molecular formula is C21H18Br2N2O6. The zero-order chi connectivity index (χ0) is 23.0. The molecule has 2 aromatic carbocycles. The summed E-state index contributed by atoms with van der Waals surface area (Å²) in [5.41, 5.74) is 1.01. The summed E-state index contributed by atoms with van der Waals surface area (Å²) < 4.78 is 12.1. The lowest BCUT2D eigenvalue weighted by Crippen LogP contribution is -2.28. The van der Waals surface area contributed by atoms with Crippen molar-refractivity contribution < 1.29 is 29.3 Å². The second-order valence-electron chi connectivity index (χ2n) is 6.08. The maximum absolute atomic E-state index is 12.6. The summed E-state index contributed by atoms with van der Waals surface area (Å²) in [5.74, 6) is -1.39. The summed E-state index contributed by atoms with van der Waals surface area (Å²) in [6, 6.07) is 11.3. The molecule has 0 bridgehead atoms. The molecule has 0 aliphatic rings. The fourth-order valence-corrected chi connectivity index (χ4v) is 3.87. The Morgan fingerprint density at radius 1 is 1.26 bits per heavy atom. The van der Waals surface area contributed by atoms with Crippen LogP contribution in [0.1, 0.15) is 24.2 Å². The number of phenolic OH excluding ortho intramolecular Hbond substituents is 1. The standard InChI is InChI=1S/C21H18Br2N2O6/c1-2-30-17(7-8-18(26)27)20(15-9-13(22)10-16(23)19(15)28)31-21(29)25-14-5-3-12(11-24)4-6-14/h3-10,17,20,28H,2H2,1H3,(H,25,29)(H,26,27)/b8-7+/t17-,20-/m1/s1. The zero-order valence-electron chi connectivity index (χ0n) is 16.2. The highest BCUT2D eigenvalue weighted by molar-refractivity contribution is 9.11. The summed E-state index contributed by atoms with van der Waals surface area (Å²) in [6.45, 7) is 1.90. The highest BCUT2D eigenvalue weighted by Crippen LogP contribution is 2.39. The number of carbonyl (C=O) groups is 2. The van der Waals surface area contributed by atoms with E-state index in [-0.39, 0.29) is 17.9 Å². The monoisotopic (exact) mass is 552 g/mol. The Morgan fingerprint density at radius 2 is 1.94 bits per heavy atom. The number of aromatic hydroxyl groups is 1. The minimum atomic E-state index is -1.20. The largest absolute Gasteiger partial charge is 0.506 e. The normalized spacial score (nSPS) is 12.7. The molecule has 2 aromatic rings. The van der Waals surface area contributed by atoms with Gasteiger partial charge in [0.2, 0.25) is 0 Å². The van der Waals surface area contributed by atoms with Gasteiger partial charge in [-0.25, -0.2) is 9.59 Å². The molecule has 10 heteroatoms. The van der Waals surface area contributed by atoms with E-state index in [2.05, 4.69) is 37.2 Å². The molecule has 2 atom stereocenters. The van der Waals surface area contributed by atoms with E-state index in [1.807, 2.05) is 6.07 Å². The third-order valence-electron chi connectivity index (χ3n) is 3.94. The number of anilines is 1. The number of rotatable bonds is 8. The fourth-order valence-electron chi connectivity index (χ4n) is 2.61. The summed E-state index contributed by atoms with van der Waals surface area (Å²) >= 11 is 6.56. The van der Waals surface area contributed by atoms with Crippen LogP contribution in [0.4, 0.5) is 10.5 Å². The highest BCUT2D eigenvalue weighted by Gasteiger charge is 2.30. The van der Waals surface area contributed by atoms with Crippen LogP contribution in [0, 0.1) is 11.3 Å². The molecule has 3 N–H and O–H groups in total. The molecule has 0 heterocycles. The van der Waals surface area contributed by atoms with Gasteiger partial charge in [-0.3, -0.25) is 5.32 Å². The molecule has 31 heavy (non-hydrogen) atoms. The number of carboxylic acid groups (broad SMARTS) is 1. The average molecular weight is 554 g/mol. The van der Waals surface area contributed by atoms with Crippen molar-refractivity contribution in [3.63, 3.8) is 0 Å². The molecule has 0 saturated heterocycles. The first-order valence-corrected chi connectivity index (χ1v) is 10.5. The topological polar surface area (TPSA) is 129 Å². The Labute approximate surface area is 195 Å². The number of hydrogen-bond donors (Lipinski definition) is 3. The van der Waals surface area contributed by atoms with Gasteiger partial charge in [-0.05, 0) is 65.3 Å². The Kier molecular flexibility index (Phi) is 9.05. The number of nitriles is 1. The second kappa shape index (κ2) is 11.5. The molecule has 8 nitrogen and oxygen atoms in total. The van der Waals surface area contributed by atoms with Crippen molar-refractivity contribution in [3.05, 3.63) is 68.6 Å². The van der Waals surface area contributed by atoms with Crippen LogP contribution in [0.5, 0.6) is 5.75 Å². The SMILES string of the molecule is CCO[C@H](/C=C/C(=O)O)[C@H](OC(=O)Nc1ccc(C#N)cc1)c1cc(Br)cc(Br)c1O. The molecule has 1 amide bonds. The zero-order valence-corrected chi connectivity index (χ0v) is 19.4. The number of hydrogen-bond acceptors (Lipinski definition) is 6. The van der Waals surface area contributed by atoms with Crippen LogP contribution in [0.2, 0.25) is 0 Å². The van der Waals surface area contributed by atoms with Gasteiger partial charge in [0.1, 0.15) is 11.9 Å². The average Bonchev–Trinajstić information content (AvgIpc) is 2.72. The Bertz CT molecular complexity index is 1020. The van der Waals surface area contributed by atoms with Crippen molar-refractivity contribution in [1.29, 1.82) is 5.26 Å². The van der Waals surface area contributed by atoms with Crippen molar-refractivity contribution in [1.82, 2.24) is 0 Å².